The van der Waals surface area contributed by atoms with Crippen LogP contribution in [-0.2, 0) is 11.3 Å². The van der Waals surface area contributed by atoms with Crippen LogP contribution in [0.4, 0.5) is 8.78 Å². The topological polar surface area (TPSA) is 68.5 Å². The number of methoxy groups -OCH3 is 1. The van der Waals surface area contributed by atoms with Gasteiger partial charge in [0.05, 0.1) is 13.7 Å². The first-order chi connectivity index (χ1) is 14.0. The number of likely N-dealkylation sites (tertiary alicyclic amines) is 1. The van der Waals surface area contributed by atoms with Gasteiger partial charge in [0.25, 0.3) is 0 Å². The zero-order valence-electron chi connectivity index (χ0n) is 15.4. The second-order valence-corrected chi connectivity index (χ2v) is 6.99. The summed E-state index contributed by atoms with van der Waals surface area (Å²) < 4.78 is 38.4. The fourth-order valence-electron chi connectivity index (χ4n) is 3.34. The van der Waals surface area contributed by atoms with Gasteiger partial charge in [-0.25, -0.2) is 8.78 Å². The first-order valence-corrected chi connectivity index (χ1v) is 9.25. The molecule has 4 rings (SSSR count). The number of ether oxygens (including phenoxy) is 1. The highest BCUT2D eigenvalue weighted by Gasteiger charge is 2.36. The molecule has 1 aromatic heterocycles. The molecule has 1 aliphatic rings. The summed E-state index contributed by atoms with van der Waals surface area (Å²) in [6, 6.07) is 8.16. The lowest BCUT2D eigenvalue weighted by atomic mass is 10.1. The second-order valence-electron chi connectivity index (χ2n) is 6.58. The molecule has 1 amide bonds. The fraction of sp³-hybridized carbons (Fsp3) is 0.250. The summed E-state index contributed by atoms with van der Waals surface area (Å²) in [6.45, 7) is -0.0100. The second kappa shape index (κ2) is 7.79. The Bertz CT molecular complexity index is 1050. The number of hydrogen-bond donors (Lipinski definition) is 0. The van der Waals surface area contributed by atoms with Crippen molar-refractivity contribution in [2.24, 2.45) is 0 Å². The highest BCUT2D eigenvalue weighted by atomic mass is 35.5. The SMILES string of the molecule is COc1ccc(-c2noc(C3CCC(=O)N3Cc3c(F)cccc3Cl)n2)cc1F. The minimum Gasteiger partial charge on any atom is -0.494 e. The van der Waals surface area contributed by atoms with Crippen molar-refractivity contribution >= 4 is 17.5 Å². The first-order valence-electron chi connectivity index (χ1n) is 8.88. The Kier molecular flexibility index (Phi) is 5.19. The molecule has 9 heteroatoms. The lowest BCUT2D eigenvalue weighted by Gasteiger charge is -2.22. The van der Waals surface area contributed by atoms with Crippen LogP contribution >= 0.6 is 11.6 Å². The van der Waals surface area contributed by atoms with Crippen molar-refractivity contribution in [3.05, 3.63) is 64.5 Å². The van der Waals surface area contributed by atoms with Crippen LogP contribution in [0, 0.1) is 11.6 Å². The van der Waals surface area contributed by atoms with Crippen molar-refractivity contribution < 1.29 is 22.8 Å². The highest BCUT2D eigenvalue weighted by Crippen LogP contribution is 2.36. The van der Waals surface area contributed by atoms with Gasteiger partial charge in [-0.2, -0.15) is 4.98 Å². The maximum Gasteiger partial charge on any atom is 0.249 e. The summed E-state index contributed by atoms with van der Waals surface area (Å²) in [5.41, 5.74) is 0.637. The van der Waals surface area contributed by atoms with Gasteiger partial charge >= 0.3 is 0 Å². The molecule has 0 saturated carbocycles. The average Bonchev–Trinajstić information content (AvgIpc) is 3.32. The lowest BCUT2D eigenvalue weighted by Crippen LogP contribution is -2.28. The Labute approximate surface area is 170 Å². The smallest absolute Gasteiger partial charge is 0.249 e. The van der Waals surface area contributed by atoms with E-state index in [1.165, 1.54) is 36.3 Å². The van der Waals surface area contributed by atoms with Gasteiger partial charge in [-0.3, -0.25) is 4.79 Å². The number of nitrogens with zero attached hydrogens (tertiary/aromatic N) is 3. The standard InChI is InChI=1S/C20H16ClF2N3O3/c1-28-17-7-5-11(9-15(17)23)19-24-20(29-25-19)16-6-8-18(27)26(16)10-12-13(21)3-2-4-14(12)22/h2-5,7,9,16H,6,8,10H2,1H3. The Balaban J connectivity index is 1.61. The molecule has 0 N–H and O–H groups in total. The van der Waals surface area contributed by atoms with Gasteiger partial charge in [-0.1, -0.05) is 22.8 Å². The van der Waals surface area contributed by atoms with Crippen molar-refractivity contribution in [2.45, 2.75) is 25.4 Å². The van der Waals surface area contributed by atoms with Crippen LogP contribution in [0.15, 0.2) is 40.9 Å². The van der Waals surface area contributed by atoms with Gasteiger partial charge in [0, 0.05) is 22.6 Å². The molecule has 1 saturated heterocycles. The van der Waals surface area contributed by atoms with E-state index < -0.39 is 17.7 Å². The first kappa shape index (κ1) is 19.3. The molecule has 0 aliphatic carbocycles. The molecule has 2 heterocycles. The number of halogens is 3. The van der Waals surface area contributed by atoms with Crippen molar-refractivity contribution in [2.75, 3.05) is 7.11 Å². The summed E-state index contributed by atoms with van der Waals surface area (Å²) in [7, 11) is 1.37. The van der Waals surface area contributed by atoms with Crippen LogP contribution in [0.1, 0.15) is 30.3 Å². The molecule has 0 spiro atoms. The van der Waals surface area contributed by atoms with Gasteiger partial charge in [0.15, 0.2) is 11.6 Å². The minimum atomic E-state index is -0.553. The molecule has 150 valence electrons. The van der Waals surface area contributed by atoms with Crippen molar-refractivity contribution in [3.63, 3.8) is 0 Å². The molecule has 2 aromatic carbocycles. The summed E-state index contributed by atoms with van der Waals surface area (Å²) in [6.07, 6.45) is 0.717. The Morgan fingerprint density at radius 2 is 2.10 bits per heavy atom. The largest absolute Gasteiger partial charge is 0.494 e. The van der Waals surface area contributed by atoms with E-state index in [1.54, 1.807) is 12.1 Å². The molecule has 1 unspecified atom stereocenters. The normalized spacial score (nSPS) is 16.5. The van der Waals surface area contributed by atoms with Crippen LogP contribution in [-0.4, -0.2) is 28.1 Å². The van der Waals surface area contributed by atoms with E-state index in [4.69, 9.17) is 20.9 Å². The van der Waals surface area contributed by atoms with Gasteiger partial charge in [0.2, 0.25) is 17.6 Å². The van der Waals surface area contributed by atoms with Crippen LogP contribution in [0.2, 0.25) is 5.02 Å². The van der Waals surface area contributed by atoms with Crippen molar-refractivity contribution in [1.82, 2.24) is 15.0 Å². The van der Waals surface area contributed by atoms with E-state index in [0.717, 1.165) is 0 Å². The molecular weight excluding hydrogens is 404 g/mol. The van der Waals surface area contributed by atoms with E-state index in [1.807, 2.05) is 0 Å². The van der Waals surface area contributed by atoms with E-state index in [2.05, 4.69) is 10.1 Å². The average molecular weight is 420 g/mol. The number of amides is 1. The highest BCUT2D eigenvalue weighted by molar-refractivity contribution is 6.31. The zero-order chi connectivity index (χ0) is 20.5. The summed E-state index contributed by atoms with van der Waals surface area (Å²) in [5, 5.41) is 4.14. The number of hydrogen-bond acceptors (Lipinski definition) is 5. The van der Waals surface area contributed by atoms with Gasteiger partial charge in [0.1, 0.15) is 11.9 Å². The number of benzene rings is 2. The summed E-state index contributed by atoms with van der Waals surface area (Å²) >= 11 is 6.10. The third kappa shape index (κ3) is 3.67. The molecule has 1 aliphatic heterocycles. The predicted octanol–water partition coefficient (Wildman–Crippen LogP) is 4.54. The summed E-state index contributed by atoms with van der Waals surface area (Å²) in [5.74, 6) is -0.713. The molecule has 0 bridgehead atoms. The van der Waals surface area contributed by atoms with Crippen LogP contribution in [0.25, 0.3) is 11.4 Å². The maximum atomic E-state index is 14.2. The van der Waals surface area contributed by atoms with Gasteiger partial charge in [-0.15, -0.1) is 0 Å². The lowest BCUT2D eigenvalue weighted by molar-refractivity contribution is -0.130. The van der Waals surface area contributed by atoms with Crippen LogP contribution in [0.3, 0.4) is 0 Å². The Morgan fingerprint density at radius 3 is 2.83 bits per heavy atom. The van der Waals surface area contributed by atoms with E-state index in [9.17, 15) is 13.6 Å². The number of aromatic nitrogens is 2. The number of rotatable bonds is 5. The van der Waals surface area contributed by atoms with E-state index in [-0.39, 0.29) is 46.9 Å². The molecular formula is C20H16ClF2N3O3. The zero-order valence-corrected chi connectivity index (χ0v) is 16.1. The molecule has 29 heavy (non-hydrogen) atoms. The van der Waals surface area contributed by atoms with Gasteiger partial charge in [-0.05, 0) is 36.8 Å². The van der Waals surface area contributed by atoms with Crippen molar-refractivity contribution in [3.8, 4) is 17.1 Å². The molecule has 0 radical (unpaired) electrons. The Morgan fingerprint density at radius 1 is 1.28 bits per heavy atom. The number of carbonyl (C=O) groups excluding carboxylic acids is 1. The molecule has 1 fully saturated rings. The van der Waals surface area contributed by atoms with Gasteiger partial charge < -0.3 is 14.2 Å². The summed E-state index contributed by atoms with van der Waals surface area (Å²) in [4.78, 5) is 18.2. The van der Waals surface area contributed by atoms with Crippen molar-refractivity contribution in [1.29, 1.82) is 0 Å². The third-order valence-corrected chi connectivity index (χ3v) is 5.21. The number of carbonyl (C=O) groups is 1. The molecule has 3 aromatic rings. The quantitative estimate of drug-likeness (QED) is 0.607. The fourth-order valence-corrected chi connectivity index (χ4v) is 3.56. The predicted molar refractivity (Wildman–Crippen MR) is 100 cm³/mol. The molecule has 1 atom stereocenters. The minimum absolute atomic E-state index is 0.0100. The van der Waals surface area contributed by atoms with Crippen LogP contribution in [0.5, 0.6) is 5.75 Å². The van der Waals surface area contributed by atoms with Crippen LogP contribution < -0.4 is 4.74 Å². The Hall–Kier alpha value is -3.00. The van der Waals surface area contributed by atoms with E-state index in [0.29, 0.717) is 12.0 Å². The maximum absolute atomic E-state index is 14.2. The van der Waals surface area contributed by atoms with E-state index >= 15 is 0 Å². The monoisotopic (exact) mass is 419 g/mol. The third-order valence-electron chi connectivity index (χ3n) is 4.86. The molecule has 6 nitrogen and oxygen atoms in total.